The summed E-state index contributed by atoms with van der Waals surface area (Å²) in [4.78, 5) is 17.1. The molecule has 0 spiro atoms. The van der Waals surface area contributed by atoms with Crippen LogP contribution in [0.25, 0.3) is 0 Å². The van der Waals surface area contributed by atoms with Crippen LogP contribution in [0.15, 0.2) is 12.1 Å². The maximum absolute atomic E-state index is 11.2. The fourth-order valence-corrected chi connectivity index (χ4v) is 2.33. The molecular weight excluding hydrogens is 260 g/mol. The Bertz CT molecular complexity index is 500. The molecule has 0 saturated carbocycles. The molecule has 1 saturated heterocycles. The zero-order valence-electron chi connectivity index (χ0n) is 11.5. The predicted molar refractivity (Wildman–Crippen MR) is 75.4 cm³/mol. The minimum absolute atomic E-state index is 0.153. The number of likely N-dealkylation sites (N-methyl/N-ethyl adjacent to an activating group) is 1. The van der Waals surface area contributed by atoms with Crippen LogP contribution < -0.4 is 16.4 Å². The van der Waals surface area contributed by atoms with Crippen LogP contribution in [0, 0.1) is 0 Å². The van der Waals surface area contributed by atoms with Crippen molar-refractivity contribution in [1.82, 2.24) is 4.98 Å². The van der Waals surface area contributed by atoms with Gasteiger partial charge in [-0.3, -0.25) is 4.79 Å². The second-order valence-electron chi connectivity index (χ2n) is 5.17. The summed E-state index contributed by atoms with van der Waals surface area (Å²) < 4.78 is 5.25. The zero-order valence-corrected chi connectivity index (χ0v) is 11.5. The number of carbonyl (C=O) groups is 1. The van der Waals surface area contributed by atoms with E-state index in [2.05, 4.69) is 4.98 Å². The van der Waals surface area contributed by atoms with Crippen LogP contribution in [0.5, 0.6) is 0 Å². The van der Waals surface area contributed by atoms with Gasteiger partial charge in [0.15, 0.2) is 5.82 Å². The summed E-state index contributed by atoms with van der Waals surface area (Å²) in [5.74, 6) is -0.161. The highest BCUT2D eigenvalue weighted by molar-refractivity contribution is 5.91. The molecule has 1 aliphatic heterocycles. The van der Waals surface area contributed by atoms with Crippen LogP contribution in [0.3, 0.4) is 0 Å². The lowest BCUT2D eigenvalue weighted by Gasteiger charge is -2.36. The molecule has 0 bridgehead atoms. The number of aliphatic hydroxyl groups is 1. The Morgan fingerprint density at radius 1 is 1.50 bits per heavy atom. The lowest BCUT2D eigenvalue weighted by atomic mass is 9.94. The van der Waals surface area contributed by atoms with Crippen LogP contribution in [0.1, 0.15) is 23.3 Å². The van der Waals surface area contributed by atoms with Gasteiger partial charge in [0.05, 0.1) is 11.3 Å². The van der Waals surface area contributed by atoms with Crippen molar-refractivity contribution in [3.8, 4) is 0 Å². The van der Waals surface area contributed by atoms with Crippen molar-refractivity contribution >= 4 is 17.4 Å². The van der Waals surface area contributed by atoms with Crippen molar-refractivity contribution in [3.05, 3.63) is 17.8 Å². The number of amides is 1. The fraction of sp³-hybridized carbons (Fsp3) is 0.538. The standard InChI is InChI=1S/C13H20N4O3/c1-17(8-13(19)4-6-20-7-5-13)12-9(14)2-3-10(16-12)11(15)18/h2-3,19H,4-8,14H2,1H3,(H2,15,18). The Balaban J connectivity index is 2.17. The molecule has 1 aromatic rings. The van der Waals surface area contributed by atoms with Gasteiger partial charge in [-0.25, -0.2) is 4.98 Å². The van der Waals surface area contributed by atoms with Gasteiger partial charge in [-0.15, -0.1) is 0 Å². The maximum Gasteiger partial charge on any atom is 0.267 e. The normalized spacial score (nSPS) is 17.7. The number of ether oxygens (including phenoxy) is 1. The van der Waals surface area contributed by atoms with Gasteiger partial charge in [-0.2, -0.15) is 0 Å². The van der Waals surface area contributed by atoms with E-state index in [1.165, 1.54) is 6.07 Å². The average molecular weight is 280 g/mol. The highest BCUT2D eigenvalue weighted by atomic mass is 16.5. The third kappa shape index (κ3) is 3.17. The third-order valence-electron chi connectivity index (χ3n) is 3.47. The van der Waals surface area contributed by atoms with E-state index in [1.54, 1.807) is 18.0 Å². The Morgan fingerprint density at radius 3 is 2.75 bits per heavy atom. The summed E-state index contributed by atoms with van der Waals surface area (Å²) in [5, 5.41) is 10.5. The first kappa shape index (κ1) is 14.5. The van der Waals surface area contributed by atoms with Gasteiger partial charge in [0, 0.05) is 39.6 Å². The molecule has 7 heteroatoms. The smallest absolute Gasteiger partial charge is 0.267 e. The molecule has 110 valence electrons. The zero-order chi connectivity index (χ0) is 14.8. The summed E-state index contributed by atoms with van der Waals surface area (Å²) in [6, 6.07) is 3.07. The Morgan fingerprint density at radius 2 is 2.15 bits per heavy atom. The highest BCUT2D eigenvalue weighted by Gasteiger charge is 2.31. The molecule has 7 nitrogen and oxygen atoms in total. The summed E-state index contributed by atoms with van der Waals surface area (Å²) in [7, 11) is 1.77. The number of rotatable bonds is 4. The minimum Gasteiger partial charge on any atom is -0.396 e. The number of aromatic nitrogens is 1. The Labute approximate surface area is 117 Å². The monoisotopic (exact) mass is 280 g/mol. The van der Waals surface area contributed by atoms with Gasteiger partial charge in [-0.1, -0.05) is 0 Å². The number of pyridine rings is 1. The topological polar surface area (TPSA) is 115 Å². The predicted octanol–water partition coefficient (Wildman–Crippen LogP) is -0.260. The van der Waals surface area contributed by atoms with Gasteiger partial charge >= 0.3 is 0 Å². The first-order chi connectivity index (χ1) is 9.41. The number of carbonyl (C=O) groups excluding carboxylic acids is 1. The summed E-state index contributed by atoms with van der Waals surface area (Å²) in [5.41, 5.74) is 10.9. The first-order valence-electron chi connectivity index (χ1n) is 6.49. The number of nitrogens with two attached hydrogens (primary N) is 2. The summed E-state index contributed by atoms with van der Waals surface area (Å²) in [6.07, 6.45) is 1.12. The molecule has 5 N–H and O–H groups in total. The Hall–Kier alpha value is -1.86. The van der Waals surface area contributed by atoms with Gasteiger partial charge < -0.3 is 26.2 Å². The lowest BCUT2D eigenvalue weighted by Crippen LogP contribution is -2.46. The van der Waals surface area contributed by atoms with E-state index in [-0.39, 0.29) is 5.69 Å². The molecule has 20 heavy (non-hydrogen) atoms. The first-order valence-corrected chi connectivity index (χ1v) is 6.49. The van der Waals surface area contributed by atoms with Gasteiger partial charge in [0.2, 0.25) is 0 Å². The van der Waals surface area contributed by atoms with Crippen LogP contribution in [-0.2, 0) is 4.74 Å². The molecule has 0 atom stereocenters. The number of anilines is 2. The van der Waals surface area contributed by atoms with Crippen molar-refractivity contribution < 1.29 is 14.6 Å². The largest absolute Gasteiger partial charge is 0.396 e. The van der Waals surface area contributed by atoms with E-state index in [1.807, 2.05) is 0 Å². The average Bonchev–Trinajstić information content (AvgIpc) is 2.39. The van der Waals surface area contributed by atoms with Crippen LogP contribution in [0.2, 0.25) is 0 Å². The summed E-state index contributed by atoms with van der Waals surface area (Å²) >= 11 is 0. The summed E-state index contributed by atoms with van der Waals surface area (Å²) in [6.45, 7) is 1.44. The molecule has 1 fully saturated rings. The molecule has 1 aromatic heterocycles. The van der Waals surface area contributed by atoms with E-state index in [0.717, 1.165) is 0 Å². The lowest BCUT2D eigenvalue weighted by molar-refractivity contribution is -0.0573. The van der Waals surface area contributed by atoms with E-state index in [0.29, 0.717) is 44.1 Å². The van der Waals surface area contributed by atoms with Crippen molar-refractivity contribution in [2.24, 2.45) is 5.73 Å². The van der Waals surface area contributed by atoms with Crippen molar-refractivity contribution in [1.29, 1.82) is 0 Å². The van der Waals surface area contributed by atoms with E-state index >= 15 is 0 Å². The molecule has 0 aromatic carbocycles. The number of nitrogen functional groups attached to an aromatic ring is 1. The number of primary amides is 1. The molecule has 0 radical (unpaired) electrons. The second-order valence-corrected chi connectivity index (χ2v) is 5.17. The number of hydrogen-bond acceptors (Lipinski definition) is 6. The van der Waals surface area contributed by atoms with E-state index in [4.69, 9.17) is 16.2 Å². The molecular formula is C13H20N4O3. The van der Waals surface area contributed by atoms with Crippen LogP contribution >= 0.6 is 0 Å². The fourth-order valence-electron chi connectivity index (χ4n) is 2.33. The van der Waals surface area contributed by atoms with Gasteiger partial charge in [0.1, 0.15) is 5.69 Å². The second kappa shape index (κ2) is 5.64. The SMILES string of the molecule is CN(CC1(O)CCOCC1)c1nc(C(N)=O)ccc1N. The number of hydrogen-bond donors (Lipinski definition) is 3. The molecule has 2 heterocycles. The van der Waals surface area contributed by atoms with Crippen LogP contribution in [-0.4, -0.2) is 48.4 Å². The molecule has 0 unspecified atom stereocenters. The quantitative estimate of drug-likeness (QED) is 0.700. The number of nitrogens with zero attached hydrogens (tertiary/aromatic N) is 2. The minimum atomic E-state index is -0.830. The van der Waals surface area contributed by atoms with Crippen molar-refractivity contribution in [2.45, 2.75) is 18.4 Å². The molecule has 0 aliphatic carbocycles. The third-order valence-corrected chi connectivity index (χ3v) is 3.47. The molecule has 1 amide bonds. The Kier molecular flexibility index (Phi) is 4.10. The van der Waals surface area contributed by atoms with Gasteiger partial charge in [0.25, 0.3) is 5.91 Å². The van der Waals surface area contributed by atoms with E-state index < -0.39 is 11.5 Å². The molecule has 1 aliphatic rings. The molecule has 2 rings (SSSR count). The van der Waals surface area contributed by atoms with Crippen molar-refractivity contribution in [3.63, 3.8) is 0 Å². The van der Waals surface area contributed by atoms with E-state index in [9.17, 15) is 9.90 Å². The van der Waals surface area contributed by atoms with Crippen molar-refractivity contribution in [2.75, 3.05) is 37.4 Å². The van der Waals surface area contributed by atoms with Gasteiger partial charge in [-0.05, 0) is 12.1 Å². The van der Waals surface area contributed by atoms with Crippen LogP contribution in [0.4, 0.5) is 11.5 Å². The highest BCUT2D eigenvalue weighted by Crippen LogP contribution is 2.26. The maximum atomic E-state index is 11.2.